The van der Waals surface area contributed by atoms with Gasteiger partial charge in [-0.15, -0.1) is 0 Å². The van der Waals surface area contributed by atoms with Crippen LogP contribution < -0.4 is 5.32 Å². The summed E-state index contributed by atoms with van der Waals surface area (Å²) in [5, 5.41) is 12.1. The molecule has 0 amide bonds. The molecule has 0 spiro atoms. The molecule has 3 heteroatoms. The lowest BCUT2D eigenvalue weighted by atomic mass is 9.95. The minimum Gasteiger partial charge on any atom is -0.481 e. The van der Waals surface area contributed by atoms with Crippen molar-refractivity contribution in [2.24, 2.45) is 0 Å². The summed E-state index contributed by atoms with van der Waals surface area (Å²) in [5.41, 5.74) is 2.03. The van der Waals surface area contributed by atoms with E-state index in [0.29, 0.717) is 13.0 Å². The van der Waals surface area contributed by atoms with Gasteiger partial charge in [-0.1, -0.05) is 29.8 Å². The van der Waals surface area contributed by atoms with Crippen molar-refractivity contribution in [2.75, 3.05) is 13.6 Å². The molecule has 0 radical (unpaired) electrons. The Morgan fingerprint density at radius 2 is 2.00 bits per heavy atom. The Bertz CT molecular complexity index is 319. The van der Waals surface area contributed by atoms with Crippen LogP contribution in [-0.4, -0.2) is 24.7 Å². The zero-order valence-corrected chi connectivity index (χ0v) is 9.16. The van der Waals surface area contributed by atoms with E-state index < -0.39 is 11.9 Å². The number of aryl methyl sites for hydroxylation is 1. The number of nitrogens with one attached hydrogen (secondary N) is 1. The van der Waals surface area contributed by atoms with Crippen LogP contribution in [0.25, 0.3) is 0 Å². The monoisotopic (exact) mass is 207 g/mol. The van der Waals surface area contributed by atoms with Gasteiger partial charge in [-0.3, -0.25) is 4.79 Å². The van der Waals surface area contributed by atoms with Crippen LogP contribution in [0, 0.1) is 6.92 Å². The molecule has 0 fully saturated rings. The number of carbonyl (C=O) groups is 1. The van der Waals surface area contributed by atoms with Crippen LogP contribution in [0.1, 0.15) is 23.5 Å². The summed E-state index contributed by atoms with van der Waals surface area (Å²) in [5.74, 6) is -1.16. The molecule has 3 nitrogen and oxygen atoms in total. The number of rotatable bonds is 5. The largest absolute Gasteiger partial charge is 0.481 e. The highest BCUT2D eigenvalue weighted by Crippen LogP contribution is 2.19. The zero-order chi connectivity index (χ0) is 11.3. The number of hydrogen-bond donors (Lipinski definition) is 2. The van der Waals surface area contributed by atoms with Crippen LogP contribution in [0.3, 0.4) is 0 Å². The van der Waals surface area contributed by atoms with Crippen LogP contribution in [-0.2, 0) is 4.79 Å². The fourth-order valence-corrected chi connectivity index (χ4v) is 1.52. The van der Waals surface area contributed by atoms with E-state index >= 15 is 0 Å². The average molecular weight is 207 g/mol. The molecular weight excluding hydrogens is 190 g/mol. The molecule has 2 N–H and O–H groups in total. The molecule has 0 bridgehead atoms. The second kappa shape index (κ2) is 5.51. The summed E-state index contributed by atoms with van der Waals surface area (Å²) in [6.07, 6.45) is 0.620. The molecule has 0 saturated carbocycles. The Labute approximate surface area is 90.1 Å². The van der Waals surface area contributed by atoms with E-state index in [1.807, 2.05) is 38.2 Å². The van der Waals surface area contributed by atoms with E-state index in [2.05, 4.69) is 5.32 Å². The third-order valence-corrected chi connectivity index (χ3v) is 2.46. The van der Waals surface area contributed by atoms with Gasteiger partial charge in [-0.25, -0.2) is 0 Å². The molecular formula is C12H17NO2. The van der Waals surface area contributed by atoms with Gasteiger partial charge in [0.05, 0.1) is 5.92 Å². The number of carboxylic acid groups (broad SMARTS) is 1. The smallest absolute Gasteiger partial charge is 0.311 e. The highest BCUT2D eigenvalue weighted by atomic mass is 16.4. The summed E-state index contributed by atoms with van der Waals surface area (Å²) >= 11 is 0. The predicted molar refractivity (Wildman–Crippen MR) is 60.1 cm³/mol. The first-order chi connectivity index (χ1) is 7.15. The second-order valence-electron chi connectivity index (χ2n) is 3.69. The Hall–Kier alpha value is -1.35. The Balaban J connectivity index is 2.79. The maximum absolute atomic E-state index is 11.1. The van der Waals surface area contributed by atoms with E-state index in [0.717, 1.165) is 11.1 Å². The second-order valence-corrected chi connectivity index (χ2v) is 3.69. The molecule has 82 valence electrons. The minimum absolute atomic E-state index is 0.405. The fourth-order valence-electron chi connectivity index (χ4n) is 1.52. The Kier molecular flexibility index (Phi) is 4.31. The number of carboxylic acids is 1. The fraction of sp³-hybridized carbons (Fsp3) is 0.417. The van der Waals surface area contributed by atoms with E-state index in [-0.39, 0.29) is 0 Å². The first-order valence-corrected chi connectivity index (χ1v) is 5.09. The maximum atomic E-state index is 11.1. The van der Waals surface area contributed by atoms with Crippen molar-refractivity contribution in [3.63, 3.8) is 0 Å². The lowest BCUT2D eigenvalue weighted by Gasteiger charge is -2.12. The van der Waals surface area contributed by atoms with Gasteiger partial charge in [-0.2, -0.15) is 0 Å². The maximum Gasteiger partial charge on any atom is 0.311 e. The normalized spacial score (nSPS) is 12.4. The summed E-state index contributed by atoms with van der Waals surface area (Å²) in [6, 6.07) is 7.68. The van der Waals surface area contributed by atoms with Gasteiger partial charge in [0.15, 0.2) is 0 Å². The molecule has 0 aliphatic heterocycles. The van der Waals surface area contributed by atoms with Crippen molar-refractivity contribution in [3.8, 4) is 0 Å². The number of aliphatic carboxylic acids is 1. The SMILES string of the molecule is CNCCC(C(=O)O)c1ccc(C)cc1. The van der Waals surface area contributed by atoms with Gasteiger partial charge < -0.3 is 10.4 Å². The summed E-state index contributed by atoms with van der Waals surface area (Å²) in [6.45, 7) is 2.71. The van der Waals surface area contributed by atoms with Crippen LogP contribution in [0.5, 0.6) is 0 Å². The van der Waals surface area contributed by atoms with Crippen LogP contribution in [0.2, 0.25) is 0 Å². The van der Waals surface area contributed by atoms with Crippen molar-refractivity contribution in [1.82, 2.24) is 5.32 Å². The first-order valence-electron chi connectivity index (χ1n) is 5.09. The molecule has 0 aromatic heterocycles. The van der Waals surface area contributed by atoms with Gasteiger partial charge in [0, 0.05) is 0 Å². The predicted octanol–water partition coefficient (Wildman–Crippen LogP) is 1.77. The molecule has 15 heavy (non-hydrogen) atoms. The molecule has 1 atom stereocenters. The summed E-state index contributed by atoms with van der Waals surface area (Å²) < 4.78 is 0. The van der Waals surface area contributed by atoms with Crippen molar-refractivity contribution in [1.29, 1.82) is 0 Å². The Morgan fingerprint density at radius 1 is 1.40 bits per heavy atom. The third-order valence-electron chi connectivity index (χ3n) is 2.46. The summed E-state index contributed by atoms with van der Waals surface area (Å²) in [7, 11) is 1.83. The quantitative estimate of drug-likeness (QED) is 0.773. The molecule has 1 unspecified atom stereocenters. The molecule has 0 aliphatic carbocycles. The minimum atomic E-state index is -0.755. The van der Waals surface area contributed by atoms with E-state index in [1.165, 1.54) is 0 Å². The van der Waals surface area contributed by atoms with Gasteiger partial charge in [0.2, 0.25) is 0 Å². The third kappa shape index (κ3) is 3.36. The van der Waals surface area contributed by atoms with E-state index in [9.17, 15) is 4.79 Å². The zero-order valence-electron chi connectivity index (χ0n) is 9.16. The van der Waals surface area contributed by atoms with Crippen molar-refractivity contribution in [2.45, 2.75) is 19.3 Å². The van der Waals surface area contributed by atoms with Crippen LogP contribution in [0.4, 0.5) is 0 Å². The van der Waals surface area contributed by atoms with E-state index in [1.54, 1.807) is 0 Å². The van der Waals surface area contributed by atoms with Crippen molar-refractivity contribution in [3.05, 3.63) is 35.4 Å². The topological polar surface area (TPSA) is 49.3 Å². The highest BCUT2D eigenvalue weighted by Gasteiger charge is 2.18. The molecule has 0 aliphatic rings. The standard InChI is InChI=1S/C12H17NO2/c1-9-3-5-10(6-4-9)11(12(14)15)7-8-13-2/h3-6,11,13H,7-8H2,1-2H3,(H,14,15). The van der Waals surface area contributed by atoms with Gasteiger partial charge in [0.25, 0.3) is 0 Å². The van der Waals surface area contributed by atoms with Crippen molar-refractivity contribution < 1.29 is 9.90 Å². The summed E-state index contributed by atoms with van der Waals surface area (Å²) in [4.78, 5) is 11.1. The lowest BCUT2D eigenvalue weighted by molar-refractivity contribution is -0.138. The number of hydrogen-bond acceptors (Lipinski definition) is 2. The van der Waals surface area contributed by atoms with Crippen molar-refractivity contribution >= 4 is 5.97 Å². The van der Waals surface area contributed by atoms with Crippen LogP contribution >= 0.6 is 0 Å². The van der Waals surface area contributed by atoms with Gasteiger partial charge in [0.1, 0.15) is 0 Å². The molecule has 0 saturated heterocycles. The molecule has 0 heterocycles. The first kappa shape index (κ1) is 11.7. The number of benzene rings is 1. The Morgan fingerprint density at radius 3 is 2.47 bits per heavy atom. The molecule has 1 aromatic carbocycles. The lowest BCUT2D eigenvalue weighted by Crippen LogP contribution is -2.18. The van der Waals surface area contributed by atoms with Gasteiger partial charge >= 0.3 is 5.97 Å². The van der Waals surface area contributed by atoms with Crippen LogP contribution in [0.15, 0.2) is 24.3 Å². The van der Waals surface area contributed by atoms with E-state index in [4.69, 9.17) is 5.11 Å². The van der Waals surface area contributed by atoms with Gasteiger partial charge in [-0.05, 0) is 32.5 Å². The highest BCUT2D eigenvalue weighted by molar-refractivity contribution is 5.76. The molecule has 1 aromatic rings. The average Bonchev–Trinajstić information content (AvgIpc) is 2.21. The molecule has 1 rings (SSSR count).